The molecule has 3 aliphatic rings. The number of fused-ring (bicyclic) bond motifs is 8. The minimum atomic E-state index is -0.660. The lowest BCUT2D eigenvalue weighted by Crippen LogP contribution is -2.68. The van der Waals surface area contributed by atoms with Crippen molar-refractivity contribution in [3.05, 3.63) is 265 Å². The largest absolute Gasteiger partial charge is 0.312 e. The van der Waals surface area contributed by atoms with Crippen molar-refractivity contribution in [2.75, 3.05) is 9.80 Å². The molecule has 0 aliphatic carbocycles. The lowest BCUT2D eigenvalue weighted by Gasteiger charge is -2.51. The Kier molecular flexibility index (Phi) is 8.05. The number of para-hydroxylation sites is 3. The Balaban J connectivity index is 1.30. The first-order valence-corrected chi connectivity index (χ1v) is 22.1. The predicted octanol–water partition coefficient (Wildman–Crippen LogP) is 10.1. The number of anilines is 6. The van der Waals surface area contributed by atoms with E-state index in [1.807, 2.05) is 0 Å². The lowest BCUT2D eigenvalue weighted by atomic mass is 9.27. The van der Waals surface area contributed by atoms with E-state index in [2.05, 4.69) is 252 Å². The summed E-state index contributed by atoms with van der Waals surface area (Å²) in [5.41, 5.74) is 19.5. The van der Waals surface area contributed by atoms with Crippen LogP contribution in [0.5, 0.6) is 0 Å². The first-order valence-electron chi connectivity index (χ1n) is 22.1. The SMILES string of the molecule is c1ccc(B2c3ccccc3N(c3cccc4ccccc34)c3cc4c5c(c32)N(c2ccccc2)c2ccccc2B5c2ccccc2C4(c2ccccc2)c2ccccc2)cc1. The molecular formula is C59H40B2N2. The predicted molar refractivity (Wildman–Crippen MR) is 267 cm³/mol. The highest BCUT2D eigenvalue weighted by atomic mass is 15.2. The van der Waals surface area contributed by atoms with Crippen LogP contribution >= 0.6 is 0 Å². The van der Waals surface area contributed by atoms with Crippen LogP contribution < -0.4 is 42.6 Å². The van der Waals surface area contributed by atoms with Gasteiger partial charge in [0.2, 0.25) is 13.4 Å². The number of hydrogen-bond acceptors (Lipinski definition) is 2. The molecule has 2 nitrogen and oxygen atoms in total. The summed E-state index contributed by atoms with van der Waals surface area (Å²) >= 11 is 0. The summed E-state index contributed by atoms with van der Waals surface area (Å²) in [4.78, 5) is 5.21. The molecule has 0 bridgehead atoms. The van der Waals surface area contributed by atoms with E-state index in [0.717, 1.165) is 5.69 Å². The Bertz CT molecular complexity index is 3330. The summed E-state index contributed by atoms with van der Waals surface area (Å²) in [6, 6.07) is 90.8. The van der Waals surface area contributed by atoms with Crippen molar-refractivity contribution in [2.24, 2.45) is 0 Å². The maximum Gasteiger partial charge on any atom is 0.249 e. The third kappa shape index (κ3) is 5.10. The van der Waals surface area contributed by atoms with Gasteiger partial charge in [0.15, 0.2) is 0 Å². The van der Waals surface area contributed by atoms with Crippen molar-refractivity contribution < 1.29 is 0 Å². The van der Waals surface area contributed by atoms with Crippen LogP contribution in [0, 0.1) is 0 Å². The Labute approximate surface area is 369 Å². The van der Waals surface area contributed by atoms with Crippen molar-refractivity contribution in [3.63, 3.8) is 0 Å². The van der Waals surface area contributed by atoms with Gasteiger partial charge in [-0.2, -0.15) is 0 Å². The third-order valence-electron chi connectivity index (χ3n) is 14.0. The number of benzene rings is 10. The molecule has 10 aromatic carbocycles. The van der Waals surface area contributed by atoms with Crippen LogP contribution in [0.4, 0.5) is 34.1 Å². The summed E-state index contributed by atoms with van der Waals surface area (Å²) in [6.07, 6.45) is 0. The number of rotatable bonds is 5. The molecule has 0 spiro atoms. The van der Waals surface area contributed by atoms with E-state index in [-0.39, 0.29) is 13.4 Å². The molecule has 0 saturated heterocycles. The van der Waals surface area contributed by atoms with Gasteiger partial charge in [0.25, 0.3) is 0 Å². The van der Waals surface area contributed by atoms with Crippen LogP contribution in [0.25, 0.3) is 10.8 Å². The van der Waals surface area contributed by atoms with Crippen LogP contribution in [0.2, 0.25) is 0 Å². The van der Waals surface area contributed by atoms with Crippen LogP contribution in [-0.4, -0.2) is 13.4 Å². The molecule has 0 unspecified atom stereocenters. The van der Waals surface area contributed by atoms with Crippen molar-refractivity contribution in [2.45, 2.75) is 5.41 Å². The second-order valence-electron chi connectivity index (χ2n) is 17.1. The summed E-state index contributed by atoms with van der Waals surface area (Å²) in [7, 11) is 0. The van der Waals surface area contributed by atoms with Crippen molar-refractivity contribution in [1.29, 1.82) is 0 Å². The van der Waals surface area contributed by atoms with E-state index in [1.165, 1.54) is 94.2 Å². The molecule has 3 heterocycles. The van der Waals surface area contributed by atoms with Gasteiger partial charge < -0.3 is 9.80 Å². The van der Waals surface area contributed by atoms with E-state index in [0.29, 0.717) is 0 Å². The molecule has 0 radical (unpaired) electrons. The molecule has 0 atom stereocenters. The molecule has 0 aromatic heterocycles. The van der Waals surface area contributed by atoms with Gasteiger partial charge in [-0.25, -0.2) is 0 Å². The fraction of sp³-hybridized carbons (Fsp3) is 0.0169. The average molecular weight is 799 g/mol. The third-order valence-corrected chi connectivity index (χ3v) is 14.0. The Morgan fingerprint density at radius 1 is 0.333 bits per heavy atom. The first-order chi connectivity index (χ1) is 31.3. The van der Waals surface area contributed by atoms with Crippen LogP contribution in [0.1, 0.15) is 22.3 Å². The standard InChI is InChI=1S/C59H40B2N2/c1-5-24-42(25-6-1)59(43-26-7-2-8-27-43)47-33-15-16-34-49(47)61-51-36-18-19-37-53(51)62(45-30-11-4-12-31-45)58-56(61)48(59)40-55-57(58)60(44-28-9-3-10-29-44)50-35-17-20-38-54(50)63(55)52-39-21-23-41-22-13-14-32-46(41)52/h1-40H. The Morgan fingerprint density at radius 2 is 0.841 bits per heavy atom. The first kappa shape index (κ1) is 35.9. The van der Waals surface area contributed by atoms with E-state index in [4.69, 9.17) is 0 Å². The number of hydrogen-bond donors (Lipinski definition) is 0. The minimum absolute atomic E-state index is 0.0205. The summed E-state index contributed by atoms with van der Waals surface area (Å²) in [6.45, 7) is -0.0890. The van der Waals surface area contributed by atoms with Gasteiger partial charge in [0, 0.05) is 33.8 Å². The maximum atomic E-state index is 2.63. The second kappa shape index (κ2) is 14.1. The molecular weight excluding hydrogens is 758 g/mol. The van der Waals surface area contributed by atoms with Gasteiger partial charge in [0.05, 0.1) is 11.1 Å². The minimum Gasteiger partial charge on any atom is -0.312 e. The normalized spacial score (nSPS) is 14.0. The van der Waals surface area contributed by atoms with Gasteiger partial charge in [-0.05, 0) is 85.9 Å². The molecule has 0 fully saturated rings. The van der Waals surface area contributed by atoms with Crippen molar-refractivity contribution in [1.82, 2.24) is 0 Å². The van der Waals surface area contributed by atoms with E-state index in [1.54, 1.807) is 0 Å². The molecule has 292 valence electrons. The van der Waals surface area contributed by atoms with Crippen LogP contribution in [0.15, 0.2) is 243 Å². The second-order valence-corrected chi connectivity index (χ2v) is 17.1. The van der Waals surface area contributed by atoms with Gasteiger partial charge in [-0.1, -0.05) is 217 Å². The van der Waals surface area contributed by atoms with Gasteiger partial charge in [-0.15, -0.1) is 0 Å². The monoisotopic (exact) mass is 798 g/mol. The van der Waals surface area contributed by atoms with E-state index in [9.17, 15) is 0 Å². The quantitative estimate of drug-likeness (QED) is 0.160. The van der Waals surface area contributed by atoms with E-state index >= 15 is 0 Å². The van der Waals surface area contributed by atoms with E-state index < -0.39 is 5.41 Å². The topological polar surface area (TPSA) is 6.48 Å². The average Bonchev–Trinajstić information content (AvgIpc) is 3.36. The number of nitrogens with zero attached hydrogens (tertiary/aromatic N) is 2. The fourth-order valence-corrected chi connectivity index (χ4v) is 11.7. The summed E-state index contributed by atoms with van der Waals surface area (Å²) < 4.78 is 0. The lowest BCUT2D eigenvalue weighted by molar-refractivity contribution is 0.751. The highest BCUT2D eigenvalue weighted by Gasteiger charge is 2.54. The van der Waals surface area contributed by atoms with Crippen LogP contribution in [-0.2, 0) is 5.41 Å². The van der Waals surface area contributed by atoms with Crippen molar-refractivity contribution in [3.8, 4) is 0 Å². The molecule has 0 saturated carbocycles. The van der Waals surface area contributed by atoms with Crippen molar-refractivity contribution >= 4 is 91.1 Å². The summed E-state index contributed by atoms with van der Waals surface area (Å²) in [5.74, 6) is 0. The Morgan fingerprint density at radius 3 is 1.54 bits per heavy atom. The maximum absolute atomic E-state index is 2.63. The fourth-order valence-electron chi connectivity index (χ4n) is 11.7. The zero-order valence-corrected chi connectivity index (χ0v) is 34.6. The highest BCUT2D eigenvalue weighted by Crippen LogP contribution is 2.52. The van der Waals surface area contributed by atoms with Gasteiger partial charge in [0.1, 0.15) is 0 Å². The van der Waals surface area contributed by atoms with Gasteiger partial charge in [-0.3, -0.25) is 0 Å². The molecule has 13 rings (SSSR count). The smallest absolute Gasteiger partial charge is 0.249 e. The van der Waals surface area contributed by atoms with Gasteiger partial charge >= 0.3 is 0 Å². The summed E-state index contributed by atoms with van der Waals surface area (Å²) in [5, 5.41) is 2.44. The zero-order chi connectivity index (χ0) is 41.5. The molecule has 0 amide bonds. The molecule has 0 N–H and O–H groups in total. The van der Waals surface area contributed by atoms with Crippen LogP contribution in [0.3, 0.4) is 0 Å². The molecule has 10 aromatic rings. The molecule has 3 aliphatic heterocycles. The Hall–Kier alpha value is -7.81. The molecule has 4 heteroatoms. The highest BCUT2D eigenvalue weighted by molar-refractivity contribution is 7.02. The molecule has 63 heavy (non-hydrogen) atoms. The zero-order valence-electron chi connectivity index (χ0n) is 34.6.